The third-order valence-corrected chi connectivity index (χ3v) is 4.11. The van der Waals surface area contributed by atoms with Crippen LogP contribution in [0.25, 0.3) is 0 Å². The molecule has 1 saturated carbocycles. The summed E-state index contributed by atoms with van der Waals surface area (Å²) in [6.45, 7) is 4.60. The van der Waals surface area contributed by atoms with E-state index in [0.717, 1.165) is 45.1 Å². The summed E-state index contributed by atoms with van der Waals surface area (Å²) >= 11 is 0. The summed E-state index contributed by atoms with van der Waals surface area (Å²) in [5, 5.41) is 3.00. The Kier molecular flexibility index (Phi) is 8.07. The van der Waals surface area contributed by atoms with Gasteiger partial charge in [-0.3, -0.25) is 4.79 Å². The van der Waals surface area contributed by atoms with Crippen LogP contribution >= 0.6 is 0 Å². The molecule has 0 bridgehead atoms. The zero-order valence-corrected chi connectivity index (χ0v) is 12.4. The van der Waals surface area contributed by atoms with E-state index < -0.39 is 0 Å². The van der Waals surface area contributed by atoms with Gasteiger partial charge in [-0.05, 0) is 19.3 Å². The van der Waals surface area contributed by atoms with Crippen molar-refractivity contribution in [2.45, 2.75) is 58.3 Å². The lowest BCUT2D eigenvalue weighted by molar-refractivity contribution is -0.131. The minimum absolute atomic E-state index is 0.135. The highest BCUT2D eigenvalue weighted by Gasteiger charge is 2.36. The molecule has 0 unspecified atom stereocenters. The second kappa shape index (κ2) is 9.32. The molecule has 0 radical (unpaired) electrons. The Morgan fingerprint density at radius 2 is 1.89 bits per heavy atom. The van der Waals surface area contributed by atoms with Crippen LogP contribution < -0.4 is 11.1 Å². The summed E-state index contributed by atoms with van der Waals surface area (Å²) in [7, 11) is 0. The Morgan fingerprint density at radius 3 is 2.47 bits per heavy atom. The second-order valence-corrected chi connectivity index (χ2v) is 5.62. The van der Waals surface area contributed by atoms with Gasteiger partial charge in [0.05, 0.1) is 12.0 Å². The number of hydrogen-bond acceptors (Lipinski definition) is 3. The predicted octanol–water partition coefficient (Wildman–Crippen LogP) is 2.22. The Morgan fingerprint density at radius 1 is 1.21 bits per heavy atom. The molecule has 0 heterocycles. The van der Waals surface area contributed by atoms with Crippen LogP contribution in [0, 0.1) is 5.41 Å². The van der Waals surface area contributed by atoms with E-state index in [2.05, 4.69) is 12.2 Å². The van der Waals surface area contributed by atoms with Crippen LogP contribution in [0.4, 0.5) is 0 Å². The molecule has 0 aliphatic heterocycles. The normalized spacial score (nSPS) is 18.8. The van der Waals surface area contributed by atoms with Crippen molar-refractivity contribution in [3.63, 3.8) is 0 Å². The average molecular weight is 270 g/mol. The molecule has 1 aliphatic carbocycles. The monoisotopic (exact) mass is 270 g/mol. The molecule has 0 aromatic carbocycles. The van der Waals surface area contributed by atoms with Crippen LogP contribution in [0.1, 0.15) is 58.3 Å². The van der Waals surface area contributed by atoms with Gasteiger partial charge < -0.3 is 15.8 Å². The highest BCUT2D eigenvalue weighted by atomic mass is 16.5. The summed E-state index contributed by atoms with van der Waals surface area (Å²) in [6.07, 6.45) is 8.81. The van der Waals surface area contributed by atoms with Gasteiger partial charge in [-0.2, -0.15) is 0 Å². The van der Waals surface area contributed by atoms with Crippen LogP contribution in [0.5, 0.6) is 0 Å². The zero-order valence-electron chi connectivity index (χ0n) is 12.4. The fourth-order valence-electron chi connectivity index (χ4n) is 2.70. The molecule has 112 valence electrons. The second-order valence-electron chi connectivity index (χ2n) is 5.62. The smallest absolute Gasteiger partial charge is 0.227 e. The van der Waals surface area contributed by atoms with Gasteiger partial charge in [-0.1, -0.05) is 39.0 Å². The number of nitrogens with one attached hydrogen (secondary N) is 1. The Bertz CT molecular complexity index is 249. The van der Waals surface area contributed by atoms with Crippen molar-refractivity contribution in [1.29, 1.82) is 0 Å². The molecular formula is C15H30N2O2. The predicted molar refractivity (Wildman–Crippen MR) is 77.9 cm³/mol. The van der Waals surface area contributed by atoms with Crippen molar-refractivity contribution in [1.82, 2.24) is 5.32 Å². The van der Waals surface area contributed by atoms with Crippen molar-refractivity contribution >= 4 is 5.91 Å². The third-order valence-electron chi connectivity index (χ3n) is 4.11. The quantitative estimate of drug-likeness (QED) is 0.525. The molecule has 19 heavy (non-hydrogen) atoms. The Balaban J connectivity index is 2.28. The molecule has 0 spiro atoms. The van der Waals surface area contributed by atoms with E-state index >= 15 is 0 Å². The van der Waals surface area contributed by atoms with Gasteiger partial charge in [0.2, 0.25) is 5.91 Å². The summed E-state index contributed by atoms with van der Waals surface area (Å²) in [6, 6.07) is 0. The van der Waals surface area contributed by atoms with Crippen LogP contribution in [0.2, 0.25) is 0 Å². The minimum Gasteiger partial charge on any atom is -0.380 e. The summed E-state index contributed by atoms with van der Waals surface area (Å²) in [5.74, 6) is 0.135. The van der Waals surface area contributed by atoms with Gasteiger partial charge in [-0.15, -0.1) is 0 Å². The molecule has 1 rings (SSSR count). The van der Waals surface area contributed by atoms with Crippen molar-refractivity contribution in [2.75, 3.05) is 26.3 Å². The van der Waals surface area contributed by atoms with Crippen molar-refractivity contribution in [2.24, 2.45) is 11.1 Å². The highest BCUT2D eigenvalue weighted by molar-refractivity contribution is 5.82. The lowest BCUT2D eigenvalue weighted by atomic mass is 9.79. The number of carbonyl (C=O) groups excluding carboxylic acids is 1. The first-order valence-electron chi connectivity index (χ1n) is 7.81. The molecule has 0 aromatic heterocycles. The molecule has 1 aliphatic rings. The highest BCUT2D eigenvalue weighted by Crippen LogP contribution is 2.34. The van der Waals surface area contributed by atoms with Crippen LogP contribution in [-0.4, -0.2) is 32.2 Å². The maximum Gasteiger partial charge on any atom is 0.227 e. The summed E-state index contributed by atoms with van der Waals surface area (Å²) in [5.41, 5.74) is 5.57. The van der Waals surface area contributed by atoms with Gasteiger partial charge in [0.15, 0.2) is 0 Å². The van der Waals surface area contributed by atoms with Gasteiger partial charge in [0, 0.05) is 19.7 Å². The number of unbranched alkanes of at least 4 members (excludes halogenated alkanes) is 1. The van der Waals surface area contributed by atoms with E-state index in [4.69, 9.17) is 10.5 Å². The maximum absolute atomic E-state index is 12.3. The average Bonchev–Trinajstić information content (AvgIpc) is 2.68. The van der Waals surface area contributed by atoms with E-state index in [-0.39, 0.29) is 11.3 Å². The lowest BCUT2D eigenvalue weighted by Crippen LogP contribution is -2.46. The first kappa shape index (κ1) is 16.4. The molecule has 1 fully saturated rings. The summed E-state index contributed by atoms with van der Waals surface area (Å²) in [4.78, 5) is 12.3. The Hall–Kier alpha value is -0.610. The first-order chi connectivity index (χ1) is 9.25. The maximum atomic E-state index is 12.3. The van der Waals surface area contributed by atoms with E-state index in [1.165, 1.54) is 12.8 Å². The fourth-order valence-corrected chi connectivity index (χ4v) is 2.70. The van der Waals surface area contributed by atoms with Crippen molar-refractivity contribution < 1.29 is 9.53 Å². The van der Waals surface area contributed by atoms with Crippen LogP contribution in [0.3, 0.4) is 0 Å². The molecule has 0 saturated heterocycles. The molecule has 0 aromatic rings. The number of carbonyl (C=O) groups is 1. The van der Waals surface area contributed by atoms with Crippen molar-refractivity contribution in [3.8, 4) is 0 Å². The number of amides is 1. The first-order valence-corrected chi connectivity index (χ1v) is 7.81. The standard InChI is InChI=1S/C15H30N2O2/c1-2-3-11-19-12-10-17-14(18)15(13-16)8-6-4-5-7-9-15/h2-13,16H2,1H3,(H,17,18). The van der Waals surface area contributed by atoms with E-state index in [0.29, 0.717) is 19.7 Å². The SMILES string of the molecule is CCCCOCCNC(=O)C1(CN)CCCCCC1. The molecule has 3 N–H and O–H groups in total. The van der Waals surface area contributed by atoms with Gasteiger partial charge in [0.1, 0.15) is 0 Å². The number of hydrogen-bond donors (Lipinski definition) is 2. The fraction of sp³-hybridized carbons (Fsp3) is 0.933. The third kappa shape index (κ3) is 5.49. The number of nitrogens with two attached hydrogens (primary N) is 1. The zero-order chi connectivity index (χ0) is 14.0. The van der Waals surface area contributed by atoms with Crippen LogP contribution in [-0.2, 0) is 9.53 Å². The van der Waals surface area contributed by atoms with E-state index in [1.807, 2.05) is 0 Å². The molecule has 0 atom stereocenters. The lowest BCUT2D eigenvalue weighted by Gasteiger charge is -2.29. The summed E-state index contributed by atoms with van der Waals surface area (Å²) < 4.78 is 5.46. The Labute approximate surface area is 117 Å². The van der Waals surface area contributed by atoms with Gasteiger partial charge >= 0.3 is 0 Å². The number of ether oxygens (including phenoxy) is 1. The topological polar surface area (TPSA) is 64.3 Å². The van der Waals surface area contributed by atoms with Gasteiger partial charge in [0.25, 0.3) is 0 Å². The molecular weight excluding hydrogens is 240 g/mol. The number of rotatable bonds is 8. The van der Waals surface area contributed by atoms with E-state index in [1.54, 1.807) is 0 Å². The van der Waals surface area contributed by atoms with E-state index in [9.17, 15) is 4.79 Å². The molecule has 1 amide bonds. The molecule has 4 heteroatoms. The minimum atomic E-state index is -0.320. The van der Waals surface area contributed by atoms with Crippen LogP contribution in [0.15, 0.2) is 0 Å². The van der Waals surface area contributed by atoms with Crippen molar-refractivity contribution in [3.05, 3.63) is 0 Å². The molecule has 4 nitrogen and oxygen atoms in total. The largest absolute Gasteiger partial charge is 0.380 e. The van der Waals surface area contributed by atoms with Gasteiger partial charge in [-0.25, -0.2) is 0 Å².